The van der Waals surface area contributed by atoms with Gasteiger partial charge in [0.15, 0.2) is 0 Å². The van der Waals surface area contributed by atoms with Crippen molar-refractivity contribution in [1.82, 2.24) is 15.1 Å². The number of nitrogens with one attached hydrogen (secondary N) is 1. The zero-order chi connectivity index (χ0) is 18.8. The van der Waals surface area contributed by atoms with Crippen LogP contribution in [0.4, 0.5) is 0 Å². The molecule has 140 valence electrons. The number of amides is 1. The number of fused-ring (bicyclic) bond motifs is 1. The molecule has 4 nitrogen and oxygen atoms in total. The molecule has 1 N–H and O–H groups in total. The lowest BCUT2D eigenvalue weighted by atomic mass is 9.88. The highest BCUT2D eigenvalue weighted by Crippen LogP contribution is 2.36. The van der Waals surface area contributed by atoms with Crippen molar-refractivity contribution in [3.05, 3.63) is 54.4 Å². The Bertz CT molecular complexity index is 940. The third kappa shape index (κ3) is 3.36. The van der Waals surface area contributed by atoms with E-state index in [2.05, 4.69) is 64.5 Å². The molecule has 1 fully saturated rings. The molecule has 0 unspecified atom stereocenters. The van der Waals surface area contributed by atoms with Gasteiger partial charge in [-0.3, -0.25) is 9.89 Å². The lowest BCUT2D eigenvalue weighted by Gasteiger charge is -2.34. The van der Waals surface area contributed by atoms with Crippen molar-refractivity contribution in [2.45, 2.75) is 39.0 Å². The van der Waals surface area contributed by atoms with E-state index in [-0.39, 0.29) is 11.8 Å². The molecule has 2 aromatic carbocycles. The Hall–Kier alpha value is -2.62. The number of carbonyl (C=O) groups excluding carboxylic acids is 1. The topological polar surface area (TPSA) is 49.0 Å². The fourth-order valence-corrected chi connectivity index (χ4v) is 4.18. The molecule has 1 amide bonds. The molecular formula is C23H27N3O. The van der Waals surface area contributed by atoms with Crippen LogP contribution in [0.2, 0.25) is 0 Å². The maximum Gasteiger partial charge on any atom is 0.225 e. The molecule has 27 heavy (non-hydrogen) atoms. The summed E-state index contributed by atoms with van der Waals surface area (Å²) in [6.07, 6.45) is 4.96. The van der Waals surface area contributed by atoms with E-state index in [0.717, 1.165) is 43.6 Å². The van der Waals surface area contributed by atoms with Gasteiger partial charge in [0.1, 0.15) is 0 Å². The van der Waals surface area contributed by atoms with E-state index >= 15 is 0 Å². The Kier molecular flexibility index (Phi) is 4.97. The molecule has 4 rings (SSSR count). The van der Waals surface area contributed by atoms with Crippen molar-refractivity contribution < 1.29 is 4.79 Å². The molecule has 4 heteroatoms. The largest absolute Gasteiger partial charge is 0.342 e. The number of piperidine rings is 1. The van der Waals surface area contributed by atoms with Gasteiger partial charge in [-0.25, -0.2) is 0 Å². The summed E-state index contributed by atoms with van der Waals surface area (Å²) in [4.78, 5) is 14.7. The average molecular weight is 361 g/mol. The van der Waals surface area contributed by atoms with Gasteiger partial charge in [0.2, 0.25) is 5.91 Å². The molecule has 0 saturated carbocycles. The molecule has 0 radical (unpaired) electrons. The number of aromatic amines is 1. The number of carbonyl (C=O) groups is 1. The number of hydrogen-bond donors (Lipinski definition) is 1. The van der Waals surface area contributed by atoms with Crippen LogP contribution in [0.25, 0.3) is 21.9 Å². The monoisotopic (exact) mass is 361 g/mol. The molecule has 2 heterocycles. The van der Waals surface area contributed by atoms with Crippen LogP contribution in [-0.4, -0.2) is 34.1 Å². The Morgan fingerprint density at radius 1 is 1.22 bits per heavy atom. The summed E-state index contributed by atoms with van der Waals surface area (Å²) in [7, 11) is 0. The number of H-pyrrole nitrogens is 1. The molecule has 1 aliphatic rings. The van der Waals surface area contributed by atoms with Crippen molar-refractivity contribution in [3.8, 4) is 11.1 Å². The van der Waals surface area contributed by atoms with E-state index in [4.69, 9.17) is 0 Å². The highest BCUT2D eigenvalue weighted by Gasteiger charge is 2.29. The molecule has 2 atom stereocenters. The quantitative estimate of drug-likeness (QED) is 0.712. The minimum atomic E-state index is 0.100. The summed E-state index contributed by atoms with van der Waals surface area (Å²) in [5, 5.41) is 10.1. The molecular weight excluding hydrogens is 334 g/mol. The first-order chi connectivity index (χ1) is 13.2. The number of likely N-dealkylation sites (tertiary alicyclic amines) is 1. The highest BCUT2D eigenvalue weighted by molar-refractivity contribution is 5.97. The first kappa shape index (κ1) is 17.8. The molecule has 1 aromatic heterocycles. The van der Waals surface area contributed by atoms with E-state index in [0.29, 0.717) is 5.92 Å². The van der Waals surface area contributed by atoms with Gasteiger partial charge in [0.25, 0.3) is 0 Å². The van der Waals surface area contributed by atoms with Gasteiger partial charge in [-0.15, -0.1) is 0 Å². The zero-order valence-corrected chi connectivity index (χ0v) is 16.1. The first-order valence-corrected chi connectivity index (χ1v) is 9.99. The smallest absolute Gasteiger partial charge is 0.225 e. The third-order valence-electron chi connectivity index (χ3n) is 5.92. The van der Waals surface area contributed by atoms with E-state index in [1.54, 1.807) is 0 Å². The average Bonchev–Trinajstić information content (AvgIpc) is 3.22. The lowest BCUT2D eigenvalue weighted by Crippen LogP contribution is -2.41. The minimum absolute atomic E-state index is 0.100. The predicted octanol–water partition coefficient (Wildman–Crippen LogP) is 4.98. The van der Waals surface area contributed by atoms with Crippen LogP contribution >= 0.6 is 0 Å². The Balaban J connectivity index is 1.67. The van der Waals surface area contributed by atoms with Gasteiger partial charge in [-0.1, -0.05) is 56.3 Å². The van der Waals surface area contributed by atoms with Crippen LogP contribution in [0.3, 0.4) is 0 Å². The normalized spacial score (nSPS) is 18.6. The minimum Gasteiger partial charge on any atom is -0.342 e. The van der Waals surface area contributed by atoms with Gasteiger partial charge >= 0.3 is 0 Å². The second-order valence-electron chi connectivity index (χ2n) is 7.66. The number of benzene rings is 2. The van der Waals surface area contributed by atoms with Gasteiger partial charge in [-0.05, 0) is 35.6 Å². The fourth-order valence-electron chi connectivity index (χ4n) is 4.18. The van der Waals surface area contributed by atoms with Gasteiger partial charge in [0, 0.05) is 36.2 Å². The fraction of sp³-hybridized carbons (Fsp3) is 0.391. The van der Waals surface area contributed by atoms with Crippen LogP contribution in [0.15, 0.2) is 48.7 Å². The van der Waals surface area contributed by atoms with Crippen molar-refractivity contribution in [2.75, 3.05) is 13.1 Å². The molecule has 0 spiro atoms. The molecule has 1 saturated heterocycles. The van der Waals surface area contributed by atoms with Crippen molar-refractivity contribution >= 4 is 16.7 Å². The maximum atomic E-state index is 12.7. The Labute approximate surface area is 160 Å². The standard InChI is InChI=1S/C23H27N3O/c1-3-16(2)23(27)26-13-7-10-18(15-26)22-21(14-24-25-22)20-12-6-9-17-8-4-5-11-19(17)20/h4-6,8-9,11-12,14,16,18H,3,7,10,13,15H2,1-2H3,(H,24,25)/t16-,18+/m0/s1. The van der Waals surface area contributed by atoms with Crippen LogP contribution < -0.4 is 0 Å². The Morgan fingerprint density at radius 3 is 2.89 bits per heavy atom. The lowest BCUT2D eigenvalue weighted by molar-refractivity contribution is -0.136. The molecule has 0 aliphatic carbocycles. The number of nitrogens with zero attached hydrogens (tertiary/aromatic N) is 2. The molecule has 1 aliphatic heterocycles. The van der Waals surface area contributed by atoms with E-state index in [9.17, 15) is 4.79 Å². The number of rotatable bonds is 4. The SMILES string of the molecule is CC[C@H](C)C(=O)N1CCC[C@@H](c2[nH]ncc2-c2cccc3ccccc23)C1. The second kappa shape index (κ2) is 7.55. The number of aromatic nitrogens is 2. The molecule has 0 bridgehead atoms. The van der Waals surface area contributed by atoms with Crippen LogP contribution in [-0.2, 0) is 4.79 Å². The van der Waals surface area contributed by atoms with Gasteiger partial charge in [0.05, 0.1) is 6.20 Å². The third-order valence-corrected chi connectivity index (χ3v) is 5.92. The predicted molar refractivity (Wildman–Crippen MR) is 110 cm³/mol. The Morgan fingerprint density at radius 2 is 2.04 bits per heavy atom. The summed E-state index contributed by atoms with van der Waals surface area (Å²) in [6, 6.07) is 14.9. The molecule has 3 aromatic rings. The zero-order valence-electron chi connectivity index (χ0n) is 16.1. The van der Waals surface area contributed by atoms with Crippen molar-refractivity contribution in [2.24, 2.45) is 5.92 Å². The maximum absolute atomic E-state index is 12.7. The summed E-state index contributed by atoms with van der Waals surface area (Å²) in [6.45, 7) is 5.77. The van der Waals surface area contributed by atoms with Gasteiger partial charge < -0.3 is 4.90 Å². The van der Waals surface area contributed by atoms with E-state index in [1.165, 1.54) is 16.3 Å². The first-order valence-electron chi connectivity index (χ1n) is 9.99. The second-order valence-corrected chi connectivity index (χ2v) is 7.66. The van der Waals surface area contributed by atoms with Crippen LogP contribution in [0, 0.1) is 5.92 Å². The summed E-state index contributed by atoms with van der Waals surface area (Å²) in [5.41, 5.74) is 3.53. The summed E-state index contributed by atoms with van der Waals surface area (Å²) < 4.78 is 0. The highest BCUT2D eigenvalue weighted by atomic mass is 16.2. The van der Waals surface area contributed by atoms with Gasteiger partial charge in [-0.2, -0.15) is 5.10 Å². The summed E-state index contributed by atoms with van der Waals surface area (Å²) in [5.74, 6) is 0.694. The van der Waals surface area contributed by atoms with E-state index in [1.807, 2.05) is 13.1 Å². The summed E-state index contributed by atoms with van der Waals surface area (Å²) >= 11 is 0. The van der Waals surface area contributed by atoms with Crippen molar-refractivity contribution in [1.29, 1.82) is 0 Å². The van der Waals surface area contributed by atoms with Crippen LogP contribution in [0.1, 0.15) is 44.7 Å². The van der Waals surface area contributed by atoms with Crippen molar-refractivity contribution in [3.63, 3.8) is 0 Å². The van der Waals surface area contributed by atoms with E-state index < -0.39 is 0 Å². The van der Waals surface area contributed by atoms with Crippen LogP contribution in [0.5, 0.6) is 0 Å². The number of hydrogen-bond acceptors (Lipinski definition) is 2.